The molecule has 0 fully saturated rings. The third-order valence-electron chi connectivity index (χ3n) is 4.86. The normalized spacial score (nSPS) is 15.5. The molecule has 0 aromatic heterocycles. The van der Waals surface area contributed by atoms with Gasteiger partial charge in [-0.1, -0.05) is 67.9 Å². The molecule has 0 saturated carbocycles. The van der Waals surface area contributed by atoms with Gasteiger partial charge in [-0.15, -0.1) is 12.3 Å². The van der Waals surface area contributed by atoms with E-state index >= 15 is 0 Å². The van der Waals surface area contributed by atoms with Crippen LogP contribution >= 0.6 is 0 Å². The first-order chi connectivity index (χ1) is 7.52. The average molecular weight is 253 g/mol. The van der Waals surface area contributed by atoms with Crippen LogP contribution in [0, 0.1) is 12.3 Å². The van der Waals surface area contributed by atoms with Gasteiger partial charge in [0.2, 0.25) is 0 Å². The Morgan fingerprint density at radius 2 is 1.47 bits per heavy atom. The summed E-state index contributed by atoms with van der Waals surface area (Å²) in [7, 11) is -1.56. The van der Waals surface area contributed by atoms with Crippen LogP contribution in [0.15, 0.2) is 0 Å². The Kier molecular flexibility index (Phi) is 5.54. The van der Waals surface area contributed by atoms with Crippen LogP contribution < -0.4 is 0 Å². The van der Waals surface area contributed by atoms with Crippen LogP contribution in [0.5, 0.6) is 0 Å². The molecule has 17 heavy (non-hydrogen) atoms. The van der Waals surface area contributed by atoms with Crippen LogP contribution in [0.1, 0.15) is 67.7 Å². The largest absolute Gasteiger partial charge is 0.120 e. The van der Waals surface area contributed by atoms with Gasteiger partial charge in [0.15, 0.2) is 0 Å². The maximum atomic E-state index is 5.88. The number of terminal acetylenes is 1. The summed E-state index contributed by atoms with van der Waals surface area (Å²) in [6.07, 6.45) is 9.60. The van der Waals surface area contributed by atoms with Gasteiger partial charge < -0.3 is 0 Å². The highest BCUT2D eigenvalue weighted by Crippen LogP contribution is 2.57. The van der Waals surface area contributed by atoms with Crippen molar-refractivity contribution in [1.29, 1.82) is 0 Å². The van der Waals surface area contributed by atoms with E-state index < -0.39 is 8.07 Å². The van der Waals surface area contributed by atoms with Crippen molar-refractivity contribution in [3.8, 4) is 12.3 Å². The molecule has 0 rings (SSSR count). The Hall–Kier alpha value is -0.223. The van der Waals surface area contributed by atoms with Crippen molar-refractivity contribution >= 4 is 8.07 Å². The van der Waals surface area contributed by atoms with Gasteiger partial charge in [-0.05, 0) is 16.5 Å². The molecule has 0 radical (unpaired) electrons. The van der Waals surface area contributed by atoms with Crippen molar-refractivity contribution in [2.75, 3.05) is 0 Å². The van der Waals surface area contributed by atoms with Crippen LogP contribution in [0.3, 0.4) is 0 Å². The first kappa shape index (κ1) is 16.8. The maximum Gasteiger partial charge on any atom is 0.0779 e. The Morgan fingerprint density at radius 3 is 1.71 bits per heavy atom. The molecule has 0 aliphatic heterocycles. The smallest absolute Gasteiger partial charge is 0.0779 e. The molecule has 100 valence electrons. The van der Waals surface area contributed by atoms with Crippen molar-refractivity contribution in [1.82, 2.24) is 0 Å². The van der Waals surface area contributed by atoms with Gasteiger partial charge >= 0.3 is 0 Å². The fourth-order valence-corrected chi connectivity index (χ4v) is 8.57. The van der Waals surface area contributed by atoms with Crippen molar-refractivity contribution in [3.63, 3.8) is 0 Å². The first-order valence-electron chi connectivity index (χ1n) is 6.98. The zero-order chi connectivity index (χ0) is 13.9. The molecule has 0 amide bonds. The second-order valence-electron chi connectivity index (χ2n) is 7.56. The number of unbranched alkanes of at least 4 members (excludes halogenated alkanes) is 1. The molecule has 1 atom stereocenters. The first-order valence-corrected chi connectivity index (χ1v) is 9.56. The number of hydrogen-bond acceptors (Lipinski definition) is 0. The van der Waals surface area contributed by atoms with Crippen LogP contribution in [-0.2, 0) is 0 Å². The molecule has 1 unspecified atom stereocenters. The van der Waals surface area contributed by atoms with Crippen LogP contribution in [0.4, 0.5) is 0 Å². The minimum atomic E-state index is -1.56. The zero-order valence-electron chi connectivity index (χ0n) is 13.3. The SMILES string of the molecule is C#CC(CCCC)[Si](C)(C(C)(C)C)C(C)(C)C. The van der Waals surface area contributed by atoms with Gasteiger partial charge in [0.1, 0.15) is 0 Å². The van der Waals surface area contributed by atoms with Gasteiger partial charge in [-0.25, -0.2) is 0 Å². The molecule has 0 spiro atoms. The molecule has 0 aliphatic carbocycles. The highest BCUT2D eigenvalue weighted by atomic mass is 28.3. The molecule has 1 heteroatoms. The van der Waals surface area contributed by atoms with Crippen molar-refractivity contribution in [2.24, 2.45) is 0 Å². The summed E-state index contributed by atoms with van der Waals surface area (Å²) < 4.78 is 0. The molecule has 0 heterocycles. The predicted molar refractivity (Wildman–Crippen MR) is 83.2 cm³/mol. The molecule has 0 aromatic carbocycles. The van der Waals surface area contributed by atoms with E-state index in [9.17, 15) is 0 Å². The fraction of sp³-hybridized carbons (Fsp3) is 0.875. The molecular weight excluding hydrogens is 220 g/mol. The van der Waals surface area contributed by atoms with Crippen molar-refractivity contribution in [3.05, 3.63) is 0 Å². The second kappa shape index (κ2) is 5.61. The monoisotopic (exact) mass is 252 g/mol. The topological polar surface area (TPSA) is 0 Å². The molecule has 0 saturated heterocycles. The van der Waals surface area contributed by atoms with Crippen LogP contribution in [0.25, 0.3) is 0 Å². The molecule has 0 N–H and O–H groups in total. The quantitative estimate of drug-likeness (QED) is 0.434. The van der Waals surface area contributed by atoms with E-state index in [4.69, 9.17) is 6.42 Å². The lowest BCUT2D eigenvalue weighted by molar-refractivity contribution is 0.579. The van der Waals surface area contributed by atoms with E-state index in [1.54, 1.807) is 0 Å². The summed E-state index contributed by atoms with van der Waals surface area (Å²) in [5, 5.41) is 0.714. The Labute approximate surface area is 111 Å². The highest BCUT2D eigenvalue weighted by molar-refractivity contribution is 6.85. The lowest BCUT2D eigenvalue weighted by Gasteiger charge is -2.53. The zero-order valence-corrected chi connectivity index (χ0v) is 14.3. The number of rotatable bonds is 4. The van der Waals surface area contributed by atoms with E-state index in [0.29, 0.717) is 15.6 Å². The highest BCUT2D eigenvalue weighted by Gasteiger charge is 2.52. The van der Waals surface area contributed by atoms with Gasteiger partial charge in [-0.3, -0.25) is 0 Å². The minimum Gasteiger partial charge on any atom is -0.120 e. The Balaban J connectivity index is 5.40. The van der Waals surface area contributed by atoms with Gasteiger partial charge in [0.25, 0.3) is 0 Å². The molecule has 0 aromatic rings. The summed E-state index contributed by atoms with van der Waals surface area (Å²) in [6.45, 7) is 19.1. The summed E-state index contributed by atoms with van der Waals surface area (Å²) in [4.78, 5) is 0. The van der Waals surface area contributed by atoms with Crippen molar-refractivity contribution in [2.45, 2.75) is 89.9 Å². The molecule has 0 bridgehead atoms. The standard InChI is InChI=1S/C16H32Si/c1-10-12-13-14(11-2)17(9,15(3,4)5)16(6,7)8/h2,14H,10,12-13H2,1,3-9H3. The molecular formula is C16H32Si. The van der Waals surface area contributed by atoms with E-state index in [0.717, 1.165) is 0 Å². The van der Waals surface area contributed by atoms with Crippen molar-refractivity contribution < 1.29 is 0 Å². The summed E-state index contributed by atoms with van der Waals surface area (Å²) in [6, 6.07) is 0. The third kappa shape index (κ3) is 3.38. The summed E-state index contributed by atoms with van der Waals surface area (Å²) >= 11 is 0. The van der Waals surface area contributed by atoms with Crippen LogP contribution in [0.2, 0.25) is 22.2 Å². The third-order valence-corrected chi connectivity index (χ3v) is 12.9. The fourth-order valence-electron chi connectivity index (χ4n) is 3.12. The van der Waals surface area contributed by atoms with E-state index in [2.05, 4.69) is 60.9 Å². The summed E-state index contributed by atoms with van der Waals surface area (Å²) in [5.74, 6) is 3.15. The van der Waals surface area contributed by atoms with E-state index in [1.165, 1.54) is 19.3 Å². The van der Waals surface area contributed by atoms with Gasteiger partial charge in [-0.2, -0.15) is 0 Å². The minimum absolute atomic E-state index is 0.357. The number of hydrogen-bond donors (Lipinski definition) is 0. The molecule has 0 aliphatic rings. The Bertz CT molecular complexity index is 255. The van der Waals surface area contributed by atoms with Gasteiger partial charge in [0.05, 0.1) is 8.07 Å². The molecule has 0 nitrogen and oxygen atoms in total. The Morgan fingerprint density at radius 1 is 1.06 bits per heavy atom. The van der Waals surface area contributed by atoms with Crippen LogP contribution in [-0.4, -0.2) is 8.07 Å². The van der Waals surface area contributed by atoms with Gasteiger partial charge in [0, 0.05) is 5.54 Å². The van der Waals surface area contributed by atoms with E-state index in [-0.39, 0.29) is 0 Å². The van der Waals surface area contributed by atoms with E-state index in [1.807, 2.05) is 0 Å². The summed E-state index contributed by atoms with van der Waals surface area (Å²) in [5.41, 5.74) is 0.502. The maximum absolute atomic E-state index is 5.88. The predicted octanol–water partition coefficient (Wildman–Crippen LogP) is 5.86. The average Bonchev–Trinajstić information content (AvgIpc) is 2.15. The second-order valence-corrected chi connectivity index (χ2v) is 13.7. The lowest BCUT2D eigenvalue weighted by atomic mass is 10.2. The lowest BCUT2D eigenvalue weighted by Crippen LogP contribution is -2.52.